The van der Waals surface area contributed by atoms with Crippen LogP contribution in [0, 0.1) is 11.7 Å². The van der Waals surface area contributed by atoms with Crippen molar-refractivity contribution in [1.29, 1.82) is 0 Å². The number of nitrogens with zero attached hydrogens (tertiary/aromatic N) is 1. The van der Waals surface area contributed by atoms with Crippen LogP contribution in [0.2, 0.25) is 0 Å². The van der Waals surface area contributed by atoms with Crippen molar-refractivity contribution in [3.8, 4) is 0 Å². The van der Waals surface area contributed by atoms with Gasteiger partial charge in [-0.15, -0.1) is 0 Å². The molecule has 1 heterocycles. The van der Waals surface area contributed by atoms with Gasteiger partial charge in [0.25, 0.3) is 0 Å². The number of nitrogens with one attached hydrogen (secondary N) is 1. The summed E-state index contributed by atoms with van der Waals surface area (Å²) in [7, 11) is 1.65. The van der Waals surface area contributed by atoms with E-state index < -0.39 is 6.10 Å². The molecule has 0 bridgehead atoms. The lowest BCUT2D eigenvalue weighted by Crippen LogP contribution is -2.40. The Kier molecular flexibility index (Phi) is 4.60. The molecule has 5 heteroatoms. The van der Waals surface area contributed by atoms with E-state index in [9.17, 15) is 14.3 Å². The Morgan fingerprint density at radius 1 is 1.45 bits per heavy atom. The SMILES string of the molecule is CNC(=O)C1CCN(c2cccc(F)c2C(C)O)CC1. The van der Waals surface area contributed by atoms with Crippen LogP contribution in [0.3, 0.4) is 0 Å². The summed E-state index contributed by atoms with van der Waals surface area (Å²) in [5, 5.41) is 12.4. The number of rotatable bonds is 3. The minimum Gasteiger partial charge on any atom is -0.389 e. The summed E-state index contributed by atoms with van der Waals surface area (Å²) in [5.41, 5.74) is 1.07. The molecule has 0 aromatic heterocycles. The Bertz CT molecular complexity index is 483. The molecule has 1 amide bonds. The number of hydrogen-bond acceptors (Lipinski definition) is 3. The predicted molar refractivity (Wildman–Crippen MR) is 76.0 cm³/mol. The molecular weight excluding hydrogens is 259 g/mol. The second-order valence-electron chi connectivity index (χ2n) is 5.22. The van der Waals surface area contributed by atoms with Gasteiger partial charge < -0.3 is 15.3 Å². The minimum atomic E-state index is -0.845. The van der Waals surface area contributed by atoms with Crippen molar-refractivity contribution in [1.82, 2.24) is 5.32 Å². The van der Waals surface area contributed by atoms with Gasteiger partial charge in [0.1, 0.15) is 5.82 Å². The van der Waals surface area contributed by atoms with Crippen molar-refractivity contribution in [2.24, 2.45) is 5.92 Å². The molecule has 0 radical (unpaired) electrons. The van der Waals surface area contributed by atoms with Crippen LogP contribution in [0.25, 0.3) is 0 Å². The van der Waals surface area contributed by atoms with Crippen LogP contribution in [0.5, 0.6) is 0 Å². The summed E-state index contributed by atoms with van der Waals surface area (Å²) in [4.78, 5) is 13.7. The van der Waals surface area contributed by atoms with E-state index in [-0.39, 0.29) is 17.6 Å². The molecule has 1 fully saturated rings. The number of carbonyl (C=O) groups is 1. The van der Waals surface area contributed by atoms with Crippen molar-refractivity contribution < 1.29 is 14.3 Å². The molecule has 0 aliphatic carbocycles. The topological polar surface area (TPSA) is 52.6 Å². The first-order valence-corrected chi connectivity index (χ1v) is 6.97. The van der Waals surface area contributed by atoms with E-state index in [2.05, 4.69) is 5.32 Å². The number of amides is 1. The molecular formula is C15H21FN2O2. The second kappa shape index (κ2) is 6.22. The van der Waals surface area contributed by atoms with Crippen LogP contribution in [0.4, 0.5) is 10.1 Å². The first-order chi connectivity index (χ1) is 9.54. The van der Waals surface area contributed by atoms with E-state index in [1.165, 1.54) is 6.07 Å². The van der Waals surface area contributed by atoms with Gasteiger partial charge in [-0.2, -0.15) is 0 Å². The fraction of sp³-hybridized carbons (Fsp3) is 0.533. The standard InChI is InChI=1S/C15H21FN2O2/c1-10(19)14-12(16)4-3-5-13(14)18-8-6-11(7-9-18)15(20)17-2/h3-5,10-11,19H,6-9H2,1-2H3,(H,17,20). The Hall–Kier alpha value is -1.62. The van der Waals surface area contributed by atoms with Crippen molar-refractivity contribution >= 4 is 11.6 Å². The van der Waals surface area contributed by atoms with Gasteiger partial charge >= 0.3 is 0 Å². The van der Waals surface area contributed by atoms with Crippen LogP contribution in [-0.4, -0.2) is 31.2 Å². The van der Waals surface area contributed by atoms with E-state index in [1.54, 1.807) is 20.0 Å². The fourth-order valence-corrected chi connectivity index (χ4v) is 2.80. The maximum Gasteiger partial charge on any atom is 0.222 e. The van der Waals surface area contributed by atoms with Crippen LogP contribution < -0.4 is 10.2 Å². The van der Waals surface area contributed by atoms with Gasteiger partial charge in [0.2, 0.25) is 5.91 Å². The molecule has 2 rings (SSSR count). The monoisotopic (exact) mass is 280 g/mol. The Morgan fingerprint density at radius 2 is 2.10 bits per heavy atom. The molecule has 1 aromatic rings. The van der Waals surface area contributed by atoms with E-state index >= 15 is 0 Å². The molecule has 20 heavy (non-hydrogen) atoms. The molecule has 1 saturated heterocycles. The van der Waals surface area contributed by atoms with Gasteiger partial charge in [-0.1, -0.05) is 6.07 Å². The minimum absolute atomic E-state index is 0.0276. The summed E-state index contributed by atoms with van der Waals surface area (Å²) in [6.07, 6.45) is 0.646. The molecule has 110 valence electrons. The summed E-state index contributed by atoms with van der Waals surface area (Å²) in [5.74, 6) is -0.287. The highest BCUT2D eigenvalue weighted by molar-refractivity contribution is 5.78. The van der Waals surface area contributed by atoms with Gasteiger partial charge in [0.05, 0.1) is 6.10 Å². The summed E-state index contributed by atoms with van der Waals surface area (Å²) < 4.78 is 13.9. The largest absolute Gasteiger partial charge is 0.389 e. The van der Waals surface area contributed by atoms with Gasteiger partial charge in [-0.05, 0) is 31.9 Å². The number of carbonyl (C=O) groups excluding carboxylic acids is 1. The lowest BCUT2D eigenvalue weighted by molar-refractivity contribution is -0.125. The highest BCUT2D eigenvalue weighted by Crippen LogP contribution is 2.31. The Labute approximate surface area is 118 Å². The van der Waals surface area contributed by atoms with Gasteiger partial charge in [0, 0.05) is 37.3 Å². The average Bonchev–Trinajstić information content (AvgIpc) is 2.46. The first-order valence-electron chi connectivity index (χ1n) is 6.97. The molecule has 1 aliphatic heterocycles. The van der Waals surface area contributed by atoms with Crippen molar-refractivity contribution in [2.75, 3.05) is 25.0 Å². The van der Waals surface area contributed by atoms with E-state index in [4.69, 9.17) is 0 Å². The molecule has 1 atom stereocenters. The normalized spacial score (nSPS) is 17.9. The number of hydrogen-bond donors (Lipinski definition) is 2. The first kappa shape index (κ1) is 14.8. The zero-order valence-electron chi connectivity index (χ0n) is 11.9. The summed E-state index contributed by atoms with van der Waals surface area (Å²) >= 11 is 0. The molecule has 1 aromatic carbocycles. The van der Waals surface area contributed by atoms with E-state index in [0.717, 1.165) is 18.5 Å². The smallest absolute Gasteiger partial charge is 0.222 e. The number of anilines is 1. The second-order valence-corrected chi connectivity index (χ2v) is 5.22. The van der Waals surface area contributed by atoms with Crippen LogP contribution >= 0.6 is 0 Å². The third-order valence-electron chi connectivity index (χ3n) is 3.90. The molecule has 0 saturated carbocycles. The van der Waals surface area contributed by atoms with Crippen molar-refractivity contribution in [3.05, 3.63) is 29.6 Å². The Balaban J connectivity index is 2.15. The van der Waals surface area contributed by atoms with E-state index in [1.807, 2.05) is 11.0 Å². The molecule has 1 aliphatic rings. The molecule has 2 N–H and O–H groups in total. The maximum absolute atomic E-state index is 13.9. The molecule has 1 unspecified atom stereocenters. The summed E-state index contributed by atoms with van der Waals surface area (Å²) in [6.45, 7) is 2.96. The lowest BCUT2D eigenvalue weighted by atomic mass is 9.94. The maximum atomic E-state index is 13.9. The third-order valence-corrected chi connectivity index (χ3v) is 3.90. The lowest BCUT2D eigenvalue weighted by Gasteiger charge is -2.34. The van der Waals surface area contributed by atoms with Gasteiger partial charge in [-0.25, -0.2) is 4.39 Å². The van der Waals surface area contributed by atoms with Crippen LogP contribution in [0.1, 0.15) is 31.4 Å². The fourth-order valence-electron chi connectivity index (χ4n) is 2.80. The van der Waals surface area contributed by atoms with Gasteiger partial charge in [0.15, 0.2) is 0 Å². The van der Waals surface area contributed by atoms with Gasteiger partial charge in [-0.3, -0.25) is 4.79 Å². The average molecular weight is 280 g/mol. The zero-order chi connectivity index (χ0) is 14.7. The van der Waals surface area contributed by atoms with E-state index in [0.29, 0.717) is 18.7 Å². The van der Waals surface area contributed by atoms with Crippen LogP contribution in [0.15, 0.2) is 18.2 Å². The van der Waals surface area contributed by atoms with Crippen molar-refractivity contribution in [3.63, 3.8) is 0 Å². The number of aliphatic hydroxyl groups excluding tert-OH is 1. The number of piperidine rings is 1. The number of benzene rings is 1. The molecule has 4 nitrogen and oxygen atoms in total. The molecule has 0 spiro atoms. The van der Waals surface area contributed by atoms with Crippen molar-refractivity contribution in [2.45, 2.75) is 25.9 Å². The highest BCUT2D eigenvalue weighted by atomic mass is 19.1. The third kappa shape index (κ3) is 2.93. The summed E-state index contributed by atoms with van der Waals surface area (Å²) in [6, 6.07) is 4.84. The quantitative estimate of drug-likeness (QED) is 0.888. The zero-order valence-corrected chi connectivity index (χ0v) is 11.9. The Morgan fingerprint density at radius 3 is 2.65 bits per heavy atom. The highest BCUT2D eigenvalue weighted by Gasteiger charge is 2.26. The van der Waals surface area contributed by atoms with Crippen LogP contribution in [-0.2, 0) is 4.79 Å². The predicted octanol–water partition coefficient (Wildman–Crippen LogP) is 1.84. The number of halogens is 1. The number of aliphatic hydroxyl groups is 1.